The fourth-order valence-electron chi connectivity index (χ4n) is 1.64. The van der Waals surface area contributed by atoms with Crippen molar-refractivity contribution in [1.82, 2.24) is 0 Å². The molecular weight excluding hydrogens is 143 g/mol. The highest BCUT2D eigenvalue weighted by molar-refractivity contribution is 6.32. The summed E-state index contributed by atoms with van der Waals surface area (Å²) in [5.41, 5.74) is 0. The molecule has 0 saturated heterocycles. The van der Waals surface area contributed by atoms with E-state index in [2.05, 4.69) is 6.92 Å². The van der Waals surface area contributed by atoms with Gasteiger partial charge in [-0.05, 0) is 18.8 Å². The molecule has 1 aliphatic rings. The molecular formula is C7H15BO3. The lowest BCUT2D eigenvalue weighted by atomic mass is 9.87. The lowest BCUT2D eigenvalue weighted by Gasteiger charge is -2.28. The Labute approximate surface area is 67.6 Å². The van der Waals surface area contributed by atoms with Crippen molar-refractivity contribution < 1.29 is 14.7 Å². The molecule has 1 saturated carbocycles. The fraction of sp³-hybridized carbons (Fsp3) is 1.00. The Morgan fingerprint density at radius 2 is 1.91 bits per heavy atom. The predicted octanol–water partition coefficient (Wildman–Crippen LogP) is 0.551. The lowest BCUT2D eigenvalue weighted by molar-refractivity contribution is 0.0531. The molecule has 1 unspecified atom stereocenters. The first kappa shape index (κ1) is 9.04. The van der Waals surface area contributed by atoms with E-state index in [0.29, 0.717) is 5.92 Å². The van der Waals surface area contributed by atoms with E-state index in [0.717, 1.165) is 19.3 Å². The van der Waals surface area contributed by atoms with Gasteiger partial charge in [-0.15, -0.1) is 0 Å². The third kappa shape index (κ3) is 2.81. The van der Waals surface area contributed by atoms with Crippen LogP contribution >= 0.6 is 0 Å². The Balaban J connectivity index is 2.29. The third-order valence-electron chi connectivity index (χ3n) is 2.33. The van der Waals surface area contributed by atoms with Gasteiger partial charge in [0.05, 0.1) is 0 Å². The van der Waals surface area contributed by atoms with Gasteiger partial charge >= 0.3 is 7.32 Å². The van der Waals surface area contributed by atoms with Crippen molar-refractivity contribution in [2.24, 2.45) is 5.92 Å². The highest BCUT2D eigenvalue weighted by atomic mass is 16.6. The Bertz CT molecular complexity index is 118. The molecule has 0 amide bonds. The van der Waals surface area contributed by atoms with Gasteiger partial charge in [0.1, 0.15) is 0 Å². The van der Waals surface area contributed by atoms with Crippen LogP contribution in [0.4, 0.5) is 0 Å². The summed E-state index contributed by atoms with van der Waals surface area (Å²) in [6.45, 7) is 2.09. The molecule has 1 rings (SSSR count). The van der Waals surface area contributed by atoms with Crippen molar-refractivity contribution in [3.05, 3.63) is 0 Å². The van der Waals surface area contributed by atoms with E-state index in [1.807, 2.05) is 0 Å². The normalized spacial score (nSPS) is 31.9. The quantitative estimate of drug-likeness (QED) is 0.577. The van der Waals surface area contributed by atoms with Crippen LogP contribution < -0.4 is 0 Å². The number of hydrogen-bond acceptors (Lipinski definition) is 3. The van der Waals surface area contributed by atoms with Crippen LogP contribution in [0.1, 0.15) is 32.6 Å². The maximum absolute atomic E-state index is 8.56. The first-order valence-corrected chi connectivity index (χ1v) is 4.21. The van der Waals surface area contributed by atoms with E-state index in [4.69, 9.17) is 14.7 Å². The van der Waals surface area contributed by atoms with Crippen molar-refractivity contribution in [3.8, 4) is 0 Å². The van der Waals surface area contributed by atoms with Crippen LogP contribution in [0.5, 0.6) is 0 Å². The maximum Gasteiger partial charge on any atom is 0.634 e. The van der Waals surface area contributed by atoms with Gasteiger partial charge < -0.3 is 14.7 Å². The fourth-order valence-corrected chi connectivity index (χ4v) is 1.64. The molecule has 2 atom stereocenters. The van der Waals surface area contributed by atoms with Crippen LogP contribution in [0.25, 0.3) is 0 Å². The van der Waals surface area contributed by atoms with E-state index < -0.39 is 7.32 Å². The first-order chi connectivity index (χ1) is 5.20. The standard InChI is InChI=1S/C7H15BO3/c1-6-4-2-3-5-7(6)11-8(9)10/h6-7,9-10H,2-5H2,1H3/t6-,7?/m0/s1. The minimum atomic E-state index is -1.60. The molecule has 1 fully saturated rings. The average Bonchev–Trinajstić information content (AvgIpc) is 1.93. The van der Waals surface area contributed by atoms with Crippen molar-refractivity contribution in [1.29, 1.82) is 0 Å². The van der Waals surface area contributed by atoms with Gasteiger partial charge in [0.15, 0.2) is 0 Å². The maximum atomic E-state index is 8.56. The molecule has 0 bridgehead atoms. The average molecular weight is 158 g/mol. The summed E-state index contributed by atoms with van der Waals surface area (Å²) in [4.78, 5) is 0. The molecule has 0 aromatic heterocycles. The second kappa shape index (κ2) is 4.09. The Morgan fingerprint density at radius 1 is 1.27 bits per heavy atom. The summed E-state index contributed by atoms with van der Waals surface area (Å²) >= 11 is 0. The Kier molecular flexibility index (Phi) is 3.36. The van der Waals surface area contributed by atoms with E-state index in [1.54, 1.807) is 0 Å². The molecule has 0 heterocycles. The van der Waals surface area contributed by atoms with Crippen molar-refractivity contribution in [2.45, 2.75) is 38.7 Å². The largest absolute Gasteiger partial charge is 0.634 e. The van der Waals surface area contributed by atoms with E-state index in [-0.39, 0.29) is 6.10 Å². The molecule has 3 nitrogen and oxygen atoms in total. The highest BCUT2D eigenvalue weighted by Gasteiger charge is 2.25. The van der Waals surface area contributed by atoms with Gasteiger partial charge in [0.2, 0.25) is 0 Å². The molecule has 4 heteroatoms. The molecule has 0 aromatic rings. The SMILES string of the molecule is C[C@H]1CCCCC1OB(O)O. The van der Waals surface area contributed by atoms with E-state index in [9.17, 15) is 0 Å². The summed E-state index contributed by atoms with van der Waals surface area (Å²) in [5, 5.41) is 17.1. The van der Waals surface area contributed by atoms with E-state index in [1.165, 1.54) is 6.42 Å². The summed E-state index contributed by atoms with van der Waals surface area (Å²) in [5.74, 6) is 0.463. The van der Waals surface area contributed by atoms with Crippen LogP contribution in [-0.4, -0.2) is 23.5 Å². The van der Waals surface area contributed by atoms with Crippen LogP contribution in [-0.2, 0) is 4.65 Å². The molecule has 11 heavy (non-hydrogen) atoms. The third-order valence-corrected chi connectivity index (χ3v) is 2.33. The van der Waals surface area contributed by atoms with Crippen molar-refractivity contribution in [3.63, 3.8) is 0 Å². The van der Waals surface area contributed by atoms with Gasteiger partial charge in [0, 0.05) is 6.10 Å². The van der Waals surface area contributed by atoms with Crippen molar-refractivity contribution in [2.75, 3.05) is 0 Å². The second-order valence-corrected chi connectivity index (χ2v) is 3.26. The molecule has 0 spiro atoms. The van der Waals surface area contributed by atoms with Gasteiger partial charge in [-0.3, -0.25) is 0 Å². The summed E-state index contributed by atoms with van der Waals surface area (Å²) in [6.07, 6.45) is 4.52. The van der Waals surface area contributed by atoms with Crippen molar-refractivity contribution >= 4 is 7.32 Å². The molecule has 2 N–H and O–H groups in total. The highest BCUT2D eigenvalue weighted by Crippen LogP contribution is 2.26. The van der Waals surface area contributed by atoms with Crippen LogP contribution in [0.2, 0.25) is 0 Å². The zero-order chi connectivity index (χ0) is 8.27. The Hall–Kier alpha value is -0.0551. The monoisotopic (exact) mass is 158 g/mol. The molecule has 0 radical (unpaired) electrons. The summed E-state index contributed by atoms with van der Waals surface area (Å²) in [6, 6.07) is 0. The zero-order valence-corrected chi connectivity index (χ0v) is 6.86. The van der Waals surface area contributed by atoms with Crippen LogP contribution in [0.15, 0.2) is 0 Å². The number of rotatable bonds is 2. The molecule has 64 valence electrons. The Morgan fingerprint density at radius 3 is 2.45 bits per heavy atom. The van der Waals surface area contributed by atoms with Gasteiger partial charge in [-0.1, -0.05) is 19.8 Å². The predicted molar refractivity (Wildman–Crippen MR) is 42.7 cm³/mol. The van der Waals surface area contributed by atoms with Gasteiger partial charge in [-0.25, -0.2) is 0 Å². The first-order valence-electron chi connectivity index (χ1n) is 4.21. The summed E-state index contributed by atoms with van der Waals surface area (Å²) in [7, 11) is -1.60. The number of hydrogen-bond donors (Lipinski definition) is 2. The lowest BCUT2D eigenvalue weighted by Crippen LogP contribution is -2.32. The minimum Gasteiger partial charge on any atom is -0.402 e. The molecule has 1 aliphatic carbocycles. The van der Waals surface area contributed by atoms with Gasteiger partial charge in [0.25, 0.3) is 0 Å². The summed E-state index contributed by atoms with van der Waals surface area (Å²) < 4.78 is 4.91. The topological polar surface area (TPSA) is 49.7 Å². The zero-order valence-electron chi connectivity index (χ0n) is 6.86. The minimum absolute atomic E-state index is 0.0451. The smallest absolute Gasteiger partial charge is 0.402 e. The van der Waals surface area contributed by atoms with E-state index >= 15 is 0 Å². The second-order valence-electron chi connectivity index (χ2n) is 3.26. The van der Waals surface area contributed by atoms with Crippen LogP contribution in [0.3, 0.4) is 0 Å². The van der Waals surface area contributed by atoms with Crippen LogP contribution in [0, 0.1) is 5.92 Å². The molecule has 0 aromatic carbocycles. The van der Waals surface area contributed by atoms with Gasteiger partial charge in [-0.2, -0.15) is 0 Å². The molecule has 0 aliphatic heterocycles.